The van der Waals surface area contributed by atoms with Crippen molar-refractivity contribution in [3.8, 4) is 11.3 Å². The van der Waals surface area contributed by atoms with Gasteiger partial charge < -0.3 is 15.0 Å². The summed E-state index contributed by atoms with van der Waals surface area (Å²) in [5.41, 5.74) is -0.0287. The number of imidazole rings is 1. The lowest BCUT2D eigenvalue weighted by Gasteiger charge is -2.18. The standard InChI is InChI=1S/C21H20F3N7O/c1-9(2)27-19-17(22)16(20(23)24)15(11-5-26-30-18(11)19)12-7-31-8-13(28-14(31)6-25-12)29-21(32)10-3-4-10/h5-10,20,27H,3-4H2,1-2H3,(H,26,30)(H,29,32). The number of anilines is 2. The number of carbonyl (C=O) groups excluding carboxylic acids is 1. The van der Waals surface area contributed by atoms with Crippen LogP contribution in [0.1, 0.15) is 38.7 Å². The molecule has 32 heavy (non-hydrogen) atoms. The van der Waals surface area contributed by atoms with Crippen LogP contribution in [0.25, 0.3) is 27.8 Å². The zero-order valence-electron chi connectivity index (χ0n) is 17.3. The van der Waals surface area contributed by atoms with E-state index in [4.69, 9.17) is 0 Å². The maximum Gasteiger partial charge on any atom is 0.267 e. The van der Waals surface area contributed by atoms with Gasteiger partial charge in [0, 0.05) is 29.1 Å². The Kier molecular flexibility index (Phi) is 4.75. The van der Waals surface area contributed by atoms with Crippen LogP contribution in [0.3, 0.4) is 0 Å². The van der Waals surface area contributed by atoms with Gasteiger partial charge >= 0.3 is 0 Å². The first kappa shape index (κ1) is 20.3. The zero-order chi connectivity index (χ0) is 22.6. The van der Waals surface area contributed by atoms with Crippen LogP contribution in [0.15, 0.2) is 24.8 Å². The van der Waals surface area contributed by atoms with Gasteiger partial charge in [-0.05, 0) is 26.7 Å². The van der Waals surface area contributed by atoms with Gasteiger partial charge in [-0.25, -0.2) is 18.2 Å². The molecule has 8 nitrogen and oxygen atoms in total. The first-order chi connectivity index (χ1) is 15.3. The number of nitrogens with one attached hydrogen (secondary N) is 3. The third-order valence-corrected chi connectivity index (χ3v) is 5.33. The Hall–Kier alpha value is -3.63. The van der Waals surface area contributed by atoms with E-state index in [0.717, 1.165) is 12.8 Å². The number of nitrogens with zero attached hydrogens (tertiary/aromatic N) is 4. The molecule has 4 aromatic rings. The number of rotatable bonds is 6. The number of halogens is 3. The second-order valence-electron chi connectivity index (χ2n) is 8.16. The maximum atomic E-state index is 15.3. The molecule has 0 radical (unpaired) electrons. The van der Waals surface area contributed by atoms with Crippen LogP contribution in [0.2, 0.25) is 0 Å². The molecule has 1 fully saturated rings. The molecule has 0 atom stereocenters. The lowest BCUT2D eigenvalue weighted by molar-refractivity contribution is -0.117. The average Bonchev–Trinajstić information content (AvgIpc) is 3.34. The maximum absolute atomic E-state index is 15.3. The van der Waals surface area contributed by atoms with Gasteiger partial charge in [-0.3, -0.25) is 14.9 Å². The first-order valence-corrected chi connectivity index (χ1v) is 10.2. The molecule has 0 bridgehead atoms. The molecule has 0 spiro atoms. The van der Waals surface area contributed by atoms with E-state index in [9.17, 15) is 13.6 Å². The Morgan fingerprint density at radius 2 is 2.03 bits per heavy atom. The molecule has 0 saturated heterocycles. The van der Waals surface area contributed by atoms with Crippen molar-refractivity contribution in [1.82, 2.24) is 24.6 Å². The average molecular weight is 443 g/mol. The van der Waals surface area contributed by atoms with E-state index in [0.29, 0.717) is 16.9 Å². The second-order valence-corrected chi connectivity index (χ2v) is 8.16. The summed E-state index contributed by atoms with van der Waals surface area (Å²) in [6.07, 6.45) is 4.46. The van der Waals surface area contributed by atoms with Gasteiger partial charge in [0.15, 0.2) is 17.3 Å². The lowest BCUT2D eigenvalue weighted by Crippen LogP contribution is -2.13. The van der Waals surface area contributed by atoms with Gasteiger partial charge in [-0.1, -0.05) is 0 Å². The quantitative estimate of drug-likeness (QED) is 0.407. The number of aromatic nitrogens is 5. The summed E-state index contributed by atoms with van der Waals surface area (Å²) in [6, 6.07) is -0.183. The third-order valence-electron chi connectivity index (χ3n) is 5.33. The van der Waals surface area contributed by atoms with Crippen LogP contribution >= 0.6 is 0 Å². The van der Waals surface area contributed by atoms with Crippen molar-refractivity contribution >= 4 is 34.0 Å². The number of alkyl halides is 2. The highest BCUT2D eigenvalue weighted by molar-refractivity contribution is 6.02. The molecule has 166 valence electrons. The number of hydrogen-bond acceptors (Lipinski definition) is 5. The lowest BCUT2D eigenvalue weighted by atomic mass is 9.98. The number of carbonyl (C=O) groups is 1. The van der Waals surface area contributed by atoms with Crippen molar-refractivity contribution in [1.29, 1.82) is 0 Å². The Balaban J connectivity index is 1.65. The van der Waals surface area contributed by atoms with Crippen molar-refractivity contribution in [3.63, 3.8) is 0 Å². The molecule has 3 N–H and O–H groups in total. The normalized spacial score (nSPS) is 14.1. The van der Waals surface area contributed by atoms with Crippen LogP contribution in [0, 0.1) is 11.7 Å². The van der Waals surface area contributed by atoms with Crippen LogP contribution in [-0.2, 0) is 4.79 Å². The number of fused-ring (bicyclic) bond motifs is 2. The van der Waals surface area contributed by atoms with E-state index in [1.54, 1.807) is 24.4 Å². The van der Waals surface area contributed by atoms with E-state index >= 15 is 4.39 Å². The number of hydrogen-bond donors (Lipinski definition) is 3. The highest BCUT2D eigenvalue weighted by atomic mass is 19.3. The number of aromatic amines is 1. The fourth-order valence-corrected chi connectivity index (χ4v) is 3.73. The summed E-state index contributed by atoms with van der Waals surface area (Å²) in [5.74, 6) is -0.800. The molecule has 1 aliphatic carbocycles. The molecule has 3 heterocycles. The minimum atomic E-state index is -3.08. The summed E-state index contributed by atoms with van der Waals surface area (Å²) in [5, 5.41) is 12.6. The minimum Gasteiger partial charge on any atom is -0.379 e. The topological polar surface area (TPSA) is 100 Å². The van der Waals surface area contributed by atoms with Crippen LogP contribution in [0.4, 0.5) is 24.7 Å². The molecule has 0 aliphatic heterocycles. The SMILES string of the molecule is CC(C)Nc1c(F)c(C(F)F)c(-c2cn3cc(NC(=O)C4CC4)nc3cn2)c2cn[nH]c12. The van der Waals surface area contributed by atoms with Gasteiger partial charge in [-0.15, -0.1) is 0 Å². The van der Waals surface area contributed by atoms with Crippen molar-refractivity contribution in [2.24, 2.45) is 5.92 Å². The highest BCUT2D eigenvalue weighted by Gasteiger charge is 2.30. The summed E-state index contributed by atoms with van der Waals surface area (Å²) in [4.78, 5) is 20.6. The van der Waals surface area contributed by atoms with Crippen molar-refractivity contribution in [3.05, 3.63) is 36.2 Å². The van der Waals surface area contributed by atoms with E-state index in [-0.39, 0.29) is 40.3 Å². The number of benzene rings is 1. The molecule has 1 aromatic carbocycles. The monoisotopic (exact) mass is 443 g/mol. The second kappa shape index (κ2) is 7.50. The predicted octanol–water partition coefficient (Wildman–Crippen LogP) is 4.52. The molecule has 11 heteroatoms. The molecule has 5 rings (SSSR count). The Labute approximate surface area is 180 Å². The van der Waals surface area contributed by atoms with Gasteiger partial charge in [0.2, 0.25) is 5.91 Å². The summed E-state index contributed by atoms with van der Waals surface area (Å²) >= 11 is 0. The van der Waals surface area contributed by atoms with Gasteiger partial charge in [-0.2, -0.15) is 5.10 Å². The summed E-state index contributed by atoms with van der Waals surface area (Å²) in [7, 11) is 0. The van der Waals surface area contributed by atoms with E-state index in [2.05, 4.69) is 30.8 Å². The Bertz CT molecular complexity index is 1340. The molecule has 1 amide bonds. The van der Waals surface area contributed by atoms with Gasteiger partial charge in [0.05, 0.1) is 41.1 Å². The first-order valence-electron chi connectivity index (χ1n) is 10.2. The molecular formula is C21H20F3N7O. The van der Waals surface area contributed by atoms with E-state index < -0.39 is 17.8 Å². The van der Waals surface area contributed by atoms with E-state index in [1.807, 2.05) is 0 Å². The molecule has 3 aromatic heterocycles. The van der Waals surface area contributed by atoms with Crippen LogP contribution < -0.4 is 10.6 Å². The molecule has 1 saturated carbocycles. The smallest absolute Gasteiger partial charge is 0.267 e. The molecule has 1 aliphatic rings. The van der Waals surface area contributed by atoms with Crippen LogP contribution in [0.5, 0.6) is 0 Å². The largest absolute Gasteiger partial charge is 0.379 e. The van der Waals surface area contributed by atoms with Gasteiger partial charge in [0.1, 0.15) is 0 Å². The molecule has 0 unspecified atom stereocenters. The predicted molar refractivity (Wildman–Crippen MR) is 113 cm³/mol. The molecular weight excluding hydrogens is 423 g/mol. The zero-order valence-corrected chi connectivity index (χ0v) is 17.3. The Morgan fingerprint density at radius 1 is 1.25 bits per heavy atom. The van der Waals surface area contributed by atoms with Crippen molar-refractivity contribution in [2.45, 2.75) is 39.2 Å². The Morgan fingerprint density at radius 3 is 2.72 bits per heavy atom. The summed E-state index contributed by atoms with van der Waals surface area (Å²) in [6.45, 7) is 3.57. The highest BCUT2D eigenvalue weighted by Crippen LogP contribution is 2.42. The van der Waals surface area contributed by atoms with Crippen molar-refractivity contribution < 1.29 is 18.0 Å². The van der Waals surface area contributed by atoms with Crippen molar-refractivity contribution in [2.75, 3.05) is 10.6 Å². The number of amides is 1. The minimum absolute atomic E-state index is 0.0115. The van der Waals surface area contributed by atoms with Gasteiger partial charge in [0.25, 0.3) is 6.43 Å². The fraction of sp³-hybridized carbons (Fsp3) is 0.333. The third kappa shape index (κ3) is 3.43. The fourth-order valence-electron chi connectivity index (χ4n) is 3.73. The summed E-state index contributed by atoms with van der Waals surface area (Å²) < 4.78 is 45.0. The number of H-pyrrole nitrogens is 1. The van der Waals surface area contributed by atoms with E-state index in [1.165, 1.54) is 18.6 Å². The van der Waals surface area contributed by atoms with Crippen LogP contribution in [-0.4, -0.2) is 36.5 Å².